The van der Waals surface area contributed by atoms with E-state index in [4.69, 9.17) is 14.2 Å². The number of esters is 3. The molecule has 0 aromatic rings. The van der Waals surface area contributed by atoms with Gasteiger partial charge in [-0.3, -0.25) is 9.59 Å². The summed E-state index contributed by atoms with van der Waals surface area (Å²) in [6.45, 7) is 15.6. The van der Waals surface area contributed by atoms with E-state index in [0.29, 0.717) is 47.9 Å². The number of carbonyl (C=O) groups excluding carboxylic acids is 3. The summed E-state index contributed by atoms with van der Waals surface area (Å²) in [5.74, 6) is -0.534. The smallest absolute Gasteiger partial charge is 0.336 e. The van der Waals surface area contributed by atoms with Gasteiger partial charge < -0.3 is 19.3 Å². The van der Waals surface area contributed by atoms with Crippen LogP contribution in [-0.2, 0) is 28.6 Å². The third-order valence-electron chi connectivity index (χ3n) is 12.1. The second-order valence-corrected chi connectivity index (χ2v) is 16.7. The van der Waals surface area contributed by atoms with Crippen LogP contribution in [-0.4, -0.2) is 46.8 Å². The number of ether oxygens (including phenoxy) is 3. The molecule has 0 aliphatic heterocycles. The van der Waals surface area contributed by atoms with Crippen molar-refractivity contribution in [1.29, 1.82) is 0 Å². The van der Waals surface area contributed by atoms with Gasteiger partial charge in [-0.25, -0.2) is 4.79 Å². The van der Waals surface area contributed by atoms with Gasteiger partial charge in [0.25, 0.3) is 0 Å². The van der Waals surface area contributed by atoms with Gasteiger partial charge in [0.05, 0.1) is 6.10 Å². The van der Waals surface area contributed by atoms with Gasteiger partial charge in [-0.15, -0.1) is 0 Å². The van der Waals surface area contributed by atoms with Crippen molar-refractivity contribution in [3.8, 4) is 0 Å². The third-order valence-corrected chi connectivity index (χ3v) is 14.6. The van der Waals surface area contributed by atoms with Crippen LogP contribution in [0.1, 0.15) is 107 Å². The van der Waals surface area contributed by atoms with Gasteiger partial charge in [-0.1, -0.05) is 65.1 Å². The molecule has 242 valence electrons. The van der Waals surface area contributed by atoms with Crippen LogP contribution in [0.4, 0.5) is 0 Å². The molecule has 0 aromatic carbocycles. The monoisotopic (exact) mass is 728 g/mol. The summed E-state index contributed by atoms with van der Waals surface area (Å²) < 4.78 is 17.4. The lowest BCUT2D eigenvalue weighted by atomic mass is 9.36. The normalized spacial score (nSPS) is 41.2. The van der Waals surface area contributed by atoms with Gasteiger partial charge in [-0.2, -0.15) is 0 Å². The Bertz CT molecular complexity index is 1190. The van der Waals surface area contributed by atoms with Crippen molar-refractivity contribution in [1.82, 2.24) is 0 Å². The minimum atomic E-state index is -0.597. The molecule has 0 radical (unpaired) electrons. The van der Waals surface area contributed by atoms with E-state index in [9.17, 15) is 19.5 Å². The molecule has 0 saturated heterocycles. The van der Waals surface area contributed by atoms with E-state index in [1.165, 1.54) is 13.8 Å². The van der Waals surface area contributed by atoms with E-state index in [-0.39, 0.29) is 28.1 Å². The highest BCUT2D eigenvalue weighted by Gasteiger charge is 2.70. The largest absolute Gasteiger partial charge is 0.458 e. The quantitative estimate of drug-likeness (QED) is 0.124. The molecule has 7 nitrogen and oxygen atoms in total. The topological polar surface area (TPSA) is 99.1 Å². The maximum absolute atomic E-state index is 13.7. The predicted molar refractivity (Wildman–Crippen MR) is 172 cm³/mol. The van der Waals surface area contributed by atoms with E-state index >= 15 is 0 Å². The average molecular weight is 731 g/mol. The van der Waals surface area contributed by atoms with Crippen LogP contribution < -0.4 is 0 Å². The fourth-order valence-corrected chi connectivity index (χ4v) is 10.8. The zero-order valence-electron chi connectivity index (χ0n) is 27.1. The number of fused-ring (bicyclic) bond motifs is 5. The lowest BCUT2D eigenvalue weighted by Crippen LogP contribution is -2.65. The number of aliphatic hydroxyl groups is 1. The van der Waals surface area contributed by atoms with Crippen LogP contribution in [0.2, 0.25) is 0 Å². The fourth-order valence-electron chi connectivity index (χ4n) is 9.99. The maximum atomic E-state index is 13.7. The molecule has 0 amide bonds. The Morgan fingerprint density at radius 1 is 0.953 bits per heavy atom. The second kappa shape index (κ2) is 12.9. The van der Waals surface area contributed by atoms with Crippen LogP contribution in [0.3, 0.4) is 0 Å². The molecule has 4 fully saturated rings. The highest BCUT2D eigenvalue weighted by atomic mass is 79.9. The van der Waals surface area contributed by atoms with Crippen molar-refractivity contribution in [3.05, 3.63) is 21.2 Å². The van der Waals surface area contributed by atoms with Crippen LogP contribution in [0.15, 0.2) is 21.2 Å². The van der Waals surface area contributed by atoms with Gasteiger partial charge in [0.1, 0.15) is 6.10 Å². The summed E-state index contributed by atoms with van der Waals surface area (Å²) in [4.78, 5) is 38.1. The number of allylic oxidation sites excluding steroid dienone is 2. The molecule has 1 unspecified atom stereocenters. The fraction of sp³-hybridized carbons (Fsp3) is 0.794. The van der Waals surface area contributed by atoms with Gasteiger partial charge in [-0.05, 0) is 115 Å². The molecule has 10 atom stereocenters. The number of alkyl halides is 1. The zero-order valence-corrected chi connectivity index (χ0v) is 30.2. The van der Waals surface area contributed by atoms with Gasteiger partial charge in [0.2, 0.25) is 6.79 Å². The minimum Gasteiger partial charge on any atom is -0.458 e. The number of halogens is 2. The Labute approximate surface area is 274 Å². The number of hydrogen-bond donors (Lipinski definition) is 1. The molecule has 4 aliphatic rings. The Morgan fingerprint density at radius 3 is 2.23 bits per heavy atom. The number of carbonyl (C=O) groups is 3. The van der Waals surface area contributed by atoms with Crippen molar-refractivity contribution >= 4 is 49.8 Å². The standard InChI is InChI=1S/C34H50Br2O7/c1-18(2)25(35)10-9-22(31(40)42-17-41-20(4)37)29-24-15-27(39)30-32(6)13-12-26(36)19(3)23(32)11-14-33(30,7)34(24,8)16-28(29)43-21(5)38/h19,23-24,26-28,30,39H,9-17H2,1-8H3/b29-22-/t19-,23-,24-,26-,27+,28-,30?,32-,33-,34-/m0/s1. The highest BCUT2D eigenvalue weighted by Crippen LogP contribution is 2.74. The molecule has 4 saturated carbocycles. The SMILES string of the molecule is CC(=O)OCOC(=O)/C(CCC(Br)=C(C)C)=C1\[C@@H](OC(C)=O)C[C@@]2(C)[C@H]1C[C@@H](O)C1[C@]2(C)CC[C@H]2[C@H](C)[C@@H](Br)CC[C@]12C. The van der Waals surface area contributed by atoms with Crippen molar-refractivity contribution in [3.63, 3.8) is 0 Å². The summed E-state index contributed by atoms with van der Waals surface area (Å²) in [6.07, 6.45) is 5.09. The third kappa shape index (κ3) is 6.17. The van der Waals surface area contributed by atoms with Crippen LogP contribution in [0, 0.1) is 39.9 Å². The van der Waals surface area contributed by atoms with Gasteiger partial charge in [0, 0.05) is 24.2 Å². The Hall–Kier alpha value is -1.19. The van der Waals surface area contributed by atoms with E-state index in [1.54, 1.807) is 0 Å². The first-order chi connectivity index (χ1) is 20.0. The van der Waals surface area contributed by atoms with Crippen molar-refractivity contribution in [2.24, 2.45) is 39.9 Å². The first-order valence-corrected chi connectivity index (χ1v) is 17.5. The zero-order chi connectivity index (χ0) is 32.1. The van der Waals surface area contributed by atoms with E-state index in [1.807, 2.05) is 13.8 Å². The van der Waals surface area contributed by atoms with Crippen LogP contribution in [0.5, 0.6) is 0 Å². The van der Waals surface area contributed by atoms with E-state index in [0.717, 1.165) is 41.3 Å². The predicted octanol–water partition coefficient (Wildman–Crippen LogP) is 7.77. The van der Waals surface area contributed by atoms with Crippen molar-refractivity contribution in [2.45, 2.75) is 124 Å². The summed E-state index contributed by atoms with van der Waals surface area (Å²) >= 11 is 7.60. The Morgan fingerprint density at radius 2 is 1.63 bits per heavy atom. The van der Waals surface area contributed by atoms with Crippen LogP contribution in [0.25, 0.3) is 0 Å². The molecule has 43 heavy (non-hydrogen) atoms. The molecular formula is C34H50Br2O7. The average Bonchev–Trinajstić information content (AvgIpc) is 3.17. The molecule has 4 aliphatic carbocycles. The molecular weight excluding hydrogens is 680 g/mol. The molecule has 0 aromatic heterocycles. The Kier molecular flexibility index (Phi) is 10.4. The van der Waals surface area contributed by atoms with Gasteiger partial charge in [0.15, 0.2) is 0 Å². The summed E-state index contributed by atoms with van der Waals surface area (Å²) in [5, 5.41) is 12.2. The molecule has 1 N–H and O–H groups in total. The van der Waals surface area contributed by atoms with Crippen LogP contribution >= 0.6 is 31.9 Å². The summed E-state index contributed by atoms with van der Waals surface area (Å²) in [6, 6.07) is 0. The number of hydrogen-bond acceptors (Lipinski definition) is 7. The molecule has 0 heterocycles. The summed E-state index contributed by atoms with van der Waals surface area (Å²) in [7, 11) is 0. The molecule has 0 spiro atoms. The minimum absolute atomic E-state index is 0.00637. The maximum Gasteiger partial charge on any atom is 0.336 e. The molecule has 0 bridgehead atoms. The molecule has 4 rings (SSSR count). The second-order valence-electron chi connectivity index (χ2n) is 14.6. The lowest BCUT2D eigenvalue weighted by Gasteiger charge is -2.69. The summed E-state index contributed by atoms with van der Waals surface area (Å²) in [5.41, 5.74) is 1.77. The van der Waals surface area contributed by atoms with Crippen molar-refractivity contribution < 1.29 is 33.7 Å². The van der Waals surface area contributed by atoms with E-state index < -0.39 is 36.9 Å². The Balaban J connectivity index is 1.83. The van der Waals surface area contributed by atoms with E-state index in [2.05, 4.69) is 59.6 Å². The molecule has 9 heteroatoms. The first-order valence-electron chi connectivity index (χ1n) is 15.8. The van der Waals surface area contributed by atoms with Gasteiger partial charge >= 0.3 is 17.9 Å². The number of rotatable bonds is 7. The first kappa shape index (κ1) is 34.7. The van der Waals surface area contributed by atoms with Crippen molar-refractivity contribution in [2.75, 3.05) is 6.79 Å². The lowest BCUT2D eigenvalue weighted by molar-refractivity contribution is -0.224. The highest BCUT2D eigenvalue weighted by molar-refractivity contribution is 9.11. The number of aliphatic hydroxyl groups excluding tert-OH is 1.